The monoisotopic (exact) mass is 465 g/mol. The maximum absolute atomic E-state index is 12.9. The summed E-state index contributed by atoms with van der Waals surface area (Å²) in [6.45, 7) is 0. The number of hydrogen-bond donors (Lipinski definition) is 2. The molecule has 2 N–H and O–H groups in total. The SMILES string of the molecule is O=C(NC1(C(=O)Nc2cccs2)CC1)c1cc(Br)nn1-c1ncccc1Cl. The molecule has 10 heteroatoms. The van der Waals surface area contributed by atoms with E-state index in [-0.39, 0.29) is 11.6 Å². The van der Waals surface area contributed by atoms with Gasteiger partial charge in [0.25, 0.3) is 11.8 Å². The van der Waals surface area contributed by atoms with Gasteiger partial charge in [-0.25, -0.2) is 9.67 Å². The third kappa shape index (κ3) is 3.62. The molecule has 0 radical (unpaired) electrons. The van der Waals surface area contributed by atoms with Crippen LogP contribution in [-0.4, -0.2) is 32.1 Å². The summed E-state index contributed by atoms with van der Waals surface area (Å²) in [7, 11) is 0. The van der Waals surface area contributed by atoms with Gasteiger partial charge in [-0.2, -0.15) is 5.10 Å². The molecule has 2 amide bonds. The smallest absolute Gasteiger partial charge is 0.270 e. The van der Waals surface area contributed by atoms with Crippen molar-refractivity contribution in [1.82, 2.24) is 20.1 Å². The number of pyridine rings is 1. The Balaban J connectivity index is 1.57. The molecule has 0 unspecified atom stereocenters. The minimum absolute atomic E-state index is 0.223. The third-order valence-electron chi connectivity index (χ3n) is 4.15. The maximum Gasteiger partial charge on any atom is 0.270 e. The molecule has 0 aliphatic heterocycles. The van der Waals surface area contributed by atoms with E-state index in [1.54, 1.807) is 24.4 Å². The van der Waals surface area contributed by atoms with Gasteiger partial charge in [0.05, 0.1) is 10.0 Å². The van der Waals surface area contributed by atoms with Gasteiger partial charge < -0.3 is 10.6 Å². The quantitative estimate of drug-likeness (QED) is 0.601. The number of thiophene rings is 1. The number of nitrogens with one attached hydrogen (secondary N) is 2. The van der Waals surface area contributed by atoms with E-state index in [0.717, 1.165) is 5.00 Å². The standard InChI is InChI=1S/C17H13BrClN5O2S/c18-12-9-11(24(23-12)14-10(19)3-1-7-20-14)15(25)22-17(5-6-17)16(26)21-13-4-2-8-27-13/h1-4,7-9H,5-6H2,(H,21,26)(H,22,25). The molecule has 1 aliphatic rings. The number of hydrogen-bond acceptors (Lipinski definition) is 5. The predicted molar refractivity (Wildman–Crippen MR) is 106 cm³/mol. The number of rotatable bonds is 5. The molecule has 0 saturated heterocycles. The molecule has 3 aromatic heterocycles. The van der Waals surface area contributed by atoms with Crippen molar-refractivity contribution in [1.29, 1.82) is 0 Å². The number of nitrogens with zero attached hydrogens (tertiary/aromatic N) is 3. The average molecular weight is 467 g/mol. The average Bonchev–Trinajstić information content (AvgIpc) is 3.05. The Bertz CT molecular complexity index is 1020. The second-order valence-electron chi connectivity index (χ2n) is 6.04. The summed E-state index contributed by atoms with van der Waals surface area (Å²) in [5.41, 5.74) is -0.672. The van der Waals surface area contributed by atoms with Crippen molar-refractivity contribution in [2.75, 3.05) is 5.32 Å². The Morgan fingerprint density at radius 3 is 2.78 bits per heavy atom. The summed E-state index contributed by atoms with van der Waals surface area (Å²) in [4.78, 5) is 29.7. The van der Waals surface area contributed by atoms with Crippen molar-refractivity contribution >= 4 is 55.7 Å². The first-order chi connectivity index (χ1) is 13.0. The molecule has 4 rings (SSSR count). The molecule has 138 valence electrons. The van der Waals surface area contributed by atoms with Crippen LogP contribution >= 0.6 is 38.9 Å². The number of amides is 2. The van der Waals surface area contributed by atoms with Gasteiger partial charge in [0.15, 0.2) is 5.82 Å². The molecule has 1 fully saturated rings. The van der Waals surface area contributed by atoms with E-state index in [9.17, 15) is 9.59 Å². The minimum Gasteiger partial charge on any atom is -0.336 e. The number of carbonyl (C=O) groups excluding carboxylic acids is 2. The second-order valence-corrected chi connectivity index (χ2v) is 8.21. The number of anilines is 1. The Hall–Kier alpha value is -2.23. The highest BCUT2D eigenvalue weighted by Gasteiger charge is 2.51. The first-order valence-electron chi connectivity index (χ1n) is 8.02. The van der Waals surface area contributed by atoms with Crippen molar-refractivity contribution < 1.29 is 9.59 Å². The number of halogens is 2. The Kier molecular flexibility index (Phi) is 4.75. The predicted octanol–water partition coefficient (Wildman–Crippen LogP) is 3.65. The molecule has 27 heavy (non-hydrogen) atoms. The fraction of sp³-hybridized carbons (Fsp3) is 0.176. The van der Waals surface area contributed by atoms with E-state index in [4.69, 9.17) is 11.6 Å². The topological polar surface area (TPSA) is 88.9 Å². The van der Waals surface area contributed by atoms with Gasteiger partial charge in [-0.15, -0.1) is 11.3 Å². The van der Waals surface area contributed by atoms with Gasteiger partial charge in [0.1, 0.15) is 15.8 Å². The number of carbonyl (C=O) groups is 2. The molecule has 1 saturated carbocycles. The lowest BCUT2D eigenvalue weighted by Crippen LogP contribution is -2.46. The van der Waals surface area contributed by atoms with Crippen LogP contribution in [0, 0.1) is 0 Å². The molecule has 1 aliphatic carbocycles. The highest BCUT2D eigenvalue weighted by molar-refractivity contribution is 9.10. The largest absolute Gasteiger partial charge is 0.336 e. The van der Waals surface area contributed by atoms with Crippen LogP contribution in [0.25, 0.3) is 5.82 Å². The molecule has 3 heterocycles. The lowest BCUT2D eigenvalue weighted by atomic mass is 10.2. The van der Waals surface area contributed by atoms with Gasteiger partial charge >= 0.3 is 0 Å². The summed E-state index contributed by atoms with van der Waals surface area (Å²) >= 11 is 10.9. The first kappa shape index (κ1) is 18.1. The van der Waals surface area contributed by atoms with E-state index in [0.29, 0.717) is 28.3 Å². The molecular formula is C17H13BrClN5O2S. The van der Waals surface area contributed by atoms with Crippen LogP contribution in [-0.2, 0) is 4.79 Å². The molecule has 7 nitrogen and oxygen atoms in total. The van der Waals surface area contributed by atoms with Gasteiger partial charge in [-0.05, 0) is 58.4 Å². The van der Waals surface area contributed by atoms with Gasteiger partial charge in [0.2, 0.25) is 0 Å². The molecular weight excluding hydrogens is 454 g/mol. The van der Waals surface area contributed by atoms with Crippen molar-refractivity contribution in [2.45, 2.75) is 18.4 Å². The van der Waals surface area contributed by atoms with Crippen molar-refractivity contribution in [3.8, 4) is 5.82 Å². The van der Waals surface area contributed by atoms with Crippen molar-refractivity contribution in [2.24, 2.45) is 0 Å². The Morgan fingerprint density at radius 1 is 1.30 bits per heavy atom. The van der Waals surface area contributed by atoms with Gasteiger partial charge in [-0.1, -0.05) is 11.6 Å². The third-order valence-corrected chi connectivity index (χ3v) is 5.62. The Labute approximate surface area is 171 Å². The van der Waals surface area contributed by atoms with Crippen LogP contribution in [0.1, 0.15) is 23.3 Å². The van der Waals surface area contributed by atoms with Crippen molar-refractivity contribution in [3.05, 3.63) is 57.2 Å². The maximum atomic E-state index is 12.9. The zero-order chi connectivity index (χ0) is 19.0. The molecule has 0 spiro atoms. The molecule has 0 bridgehead atoms. The molecule has 0 aromatic carbocycles. The summed E-state index contributed by atoms with van der Waals surface area (Å²) in [6.07, 6.45) is 2.72. The Morgan fingerprint density at radius 2 is 2.11 bits per heavy atom. The van der Waals surface area contributed by atoms with E-state index >= 15 is 0 Å². The van der Waals surface area contributed by atoms with E-state index in [1.807, 2.05) is 17.5 Å². The zero-order valence-electron chi connectivity index (χ0n) is 13.8. The van der Waals surface area contributed by atoms with E-state index < -0.39 is 11.4 Å². The van der Waals surface area contributed by atoms with Gasteiger partial charge in [-0.3, -0.25) is 9.59 Å². The first-order valence-corrected chi connectivity index (χ1v) is 10.1. The van der Waals surface area contributed by atoms with Crippen LogP contribution in [0.3, 0.4) is 0 Å². The van der Waals surface area contributed by atoms with Gasteiger partial charge in [0, 0.05) is 12.3 Å². The highest BCUT2D eigenvalue weighted by atomic mass is 79.9. The fourth-order valence-corrected chi connectivity index (χ4v) is 3.79. The van der Waals surface area contributed by atoms with E-state index in [2.05, 4.69) is 36.6 Å². The zero-order valence-corrected chi connectivity index (χ0v) is 16.9. The summed E-state index contributed by atoms with van der Waals surface area (Å²) < 4.78 is 1.82. The van der Waals surface area contributed by atoms with Crippen LogP contribution in [0.2, 0.25) is 5.02 Å². The lowest BCUT2D eigenvalue weighted by molar-refractivity contribution is -0.118. The minimum atomic E-state index is -0.906. The highest BCUT2D eigenvalue weighted by Crippen LogP contribution is 2.37. The second kappa shape index (κ2) is 7.06. The van der Waals surface area contributed by atoms with Crippen LogP contribution in [0.4, 0.5) is 5.00 Å². The summed E-state index contributed by atoms with van der Waals surface area (Å²) in [6, 6.07) is 8.59. The van der Waals surface area contributed by atoms with E-state index in [1.165, 1.54) is 16.0 Å². The summed E-state index contributed by atoms with van der Waals surface area (Å²) in [5, 5.41) is 12.9. The lowest BCUT2D eigenvalue weighted by Gasteiger charge is -2.17. The van der Waals surface area contributed by atoms with Crippen LogP contribution in [0.15, 0.2) is 46.5 Å². The normalized spacial score (nSPS) is 14.6. The van der Waals surface area contributed by atoms with Crippen LogP contribution in [0.5, 0.6) is 0 Å². The van der Waals surface area contributed by atoms with Crippen LogP contribution < -0.4 is 10.6 Å². The molecule has 0 atom stereocenters. The summed E-state index contributed by atoms with van der Waals surface area (Å²) in [5.74, 6) is -0.309. The number of aromatic nitrogens is 3. The molecule has 3 aromatic rings. The fourth-order valence-electron chi connectivity index (χ4n) is 2.61. The van der Waals surface area contributed by atoms with Crippen molar-refractivity contribution in [3.63, 3.8) is 0 Å².